The molecule has 0 radical (unpaired) electrons. The fourth-order valence-corrected chi connectivity index (χ4v) is 5.29. The second-order valence-electron chi connectivity index (χ2n) is 10.5. The summed E-state index contributed by atoms with van der Waals surface area (Å²) >= 11 is 5.84. The monoisotopic (exact) mass is 598 g/mol. The molecular formula is C31H33ClF2N4O4. The summed E-state index contributed by atoms with van der Waals surface area (Å²) in [6.07, 6.45) is 1.13. The molecule has 5 rings (SSSR count). The summed E-state index contributed by atoms with van der Waals surface area (Å²) in [6, 6.07) is 13.5. The topological polar surface area (TPSA) is 78.7 Å². The van der Waals surface area contributed by atoms with Crippen LogP contribution in [0.5, 0.6) is 11.6 Å². The molecule has 222 valence electrons. The van der Waals surface area contributed by atoms with Gasteiger partial charge in [-0.25, -0.2) is 23.5 Å². The predicted molar refractivity (Wildman–Crippen MR) is 155 cm³/mol. The molecule has 2 aromatic carbocycles. The third-order valence-corrected chi connectivity index (χ3v) is 7.75. The lowest BCUT2D eigenvalue weighted by molar-refractivity contribution is 0.0600. The summed E-state index contributed by atoms with van der Waals surface area (Å²) in [5, 5.41) is 0.341. The average Bonchev–Trinajstić information content (AvgIpc) is 3.31. The highest BCUT2D eigenvalue weighted by Crippen LogP contribution is 2.32. The van der Waals surface area contributed by atoms with Crippen LogP contribution in [0.2, 0.25) is 5.02 Å². The average molecular weight is 599 g/mol. The summed E-state index contributed by atoms with van der Waals surface area (Å²) in [7, 11) is 3.21. The van der Waals surface area contributed by atoms with Gasteiger partial charge in [0.2, 0.25) is 5.88 Å². The zero-order valence-electron chi connectivity index (χ0n) is 23.8. The number of methoxy groups -OCH3 is 1. The molecule has 0 aliphatic carbocycles. The van der Waals surface area contributed by atoms with Crippen molar-refractivity contribution in [2.75, 3.05) is 26.9 Å². The number of rotatable bonds is 10. The van der Waals surface area contributed by atoms with E-state index in [1.165, 1.54) is 13.2 Å². The van der Waals surface area contributed by atoms with Crippen LogP contribution in [0.15, 0.2) is 48.5 Å². The third kappa shape index (κ3) is 6.65. The molecule has 4 aromatic rings. The van der Waals surface area contributed by atoms with Crippen LogP contribution in [0.25, 0.3) is 11.0 Å². The number of aryl methyl sites for hydroxylation is 1. The Morgan fingerprint density at radius 1 is 1.14 bits per heavy atom. The molecule has 11 heteroatoms. The van der Waals surface area contributed by atoms with E-state index in [1.807, 2.05) is 23.7 Å². The van der Waals surface area contributed by atoms with Crippen LogP contribution in [0, 0.1) is 5.82 Å². The number of ether oxygens (including phenoxy) is 3. The van der Waals surface area contributed by atoms with E-state index < -0.39 is 24.6 Å². The smallest absolute Gasteiger partial charge is 0.338 e. The van der Waals surface area contributed by atoms with Crippen LogP contribution < -0.4 is 9.47 Å². The van der Waals surface area contributed by atoms with Crippen LogP contribution in [-0.2, 0) is 24.9 Å². The predicted octanol–water partition coefficient (Wildman–Crippen LogP) is 6.24. The van der Waals surface area contributed by atoms with Crippen molar-refractivity contribution in [3.8, 4) is 11.6 Å². The van der Waals surface area contributed by atoms with Gasteiger partial charge in [-0.3, -0.25) is 4.90 Å². The number of carbonyl (C=O) groups excluding carboxylic acids is 1. The lowest BCUT2D eigenvalue weighted by atomic mass is 9.93. The molecule has 8 nitrogen and oxygen atoms in total. The normalized spacial score (nSPS) is 15.1. The van der Waals surface area contributed by atoms with Gasteiger partial charge in [0.1, 0.15) is 42.3 Å². The number of carbonyl (C=O) groups is 1. The summed E-state index contributed by atoms with van der Waals surface area (Å²) in [6.45, 7) is 3.31. The molecule has 1 saturated heterocycles. The maximum absolute atomic E-state index is 14.1. The van der Waals surface area contributed by atoms with E-state index in [4.69, 9.17) is 35.8 Å². The number of nitrogens with zero attached hydrogens (tertiary/aromatic N) is 4. The number of aromatic nitrogens is 3. The molecule has 1 atom stereocenters. The van der Waals surface area contributed by atoms with E-state index in [-0.39, 0.29) is 12.5 Å². The number of halogens is 3. The standard InChI is InChI=1S/C31H33ClF2N4O4/c1-19(16-33)42-27-14-22(31(39)40-3)13-26-30(27)36-28(37(26)2)17-38-11-9-20(10-12-38)25-5-4-6-29(35-25)41-18-21-7-8-23(32)15-24(21)34/h4-8,13-15,19-20H,9-12,16-18H2,1-3H3/t19-/m1/s1. The summed E-state index contributed by atoms with van der Waals surface area (Å²) < 4.78 is 45.7. The molecule has 3 heterocycles. The largest absolute Gasteiger partial charge is 0.486 e. The second-order valence-corrected chi connectivity index (χ2v) is 10.9. The van der Waals surface area contributed by atoms with E-state index in [0.717, 1.165) is 37.4 Å². The molecule has 0 spiro atoms. The van der Waals surface area contributed by atoms with Crippen molar-refractivity contribution in [1.82, 2.24) is 19.4 Å². The highest BCUT2D eigenvalue weighted by molar-refractivity contribution is 6.30. The maximum Gasteiger partial charge on any atom is 0.338 e. The van der Waals surface area contributed by atoms with Gasteiger partial charge in [-0.15, -0.1) is 0 Å². The Balaban J connectivity index is 1.25. The number of esters is 1. The molecule has 0 unspecified atom stereocenters. The van der Waals surface area contributed by atoms with Crippen molar-refractivity contribution >= 4 is 28.6 Å². The zero-order chi connectivity index (χ0) is 29.8. The Morgan fingerprint density at radius 3 is 2.64 bits per heavy atom. The van der Waals surface area contributed by atoms with E-state index >= 15 is 0 Å². The van der Waals surface area contributed by atoms with Crippen molar-refractivity contribution in [1.29, 1.82) is 0 Å². The first-order valence-electron chi connectivity index (χ1n) is 13.8. The first-order chi connectivity index (χ1) is 20.2. The van der Waals surface area contributed by atoms with Gasteiger partial charge in [0.05, 0.1) is 24.7 Å². The summed E-state index contributed by atoms with van der Waals surface area (Å²) in [4.78, 5) is 24.1. The number of likely N-dealkylation sites (tertiary alicyclic amines) is 1. The molecule has 0 saturated carbocycles. The van der Waals surface area contributed by atoms with Crippen molar-refractivity contribution in [3.63, 3.8) is 0 Å². The number of benzene rings is 2. The number of alkyl halides is 1. The first-order valence-corrected chi connectivity index (χ1v) is 14.2. The quantitative estimate of drug-likeness (QED) is 0.200. The van der Waals surface area contributed by atoms with Gasteiger partial charge in [0.25, 0.3) is 0 Å². The van der Waals surface area contributed by atoms with Crippen LogP contribution in [0.1, 0.15) is 53.1 Å². The minimum atomic E-state index is -0.679. The Labute approximate surface area is 248 Å². The number of fused-ring (bicyclic) bond motifs is 1. The van der Waals surface area contributed by atoms with Gasteiger partial charge < -0.3 is 18.8 Å². The lowest BCUT2D eigenvalue weighted by Crippen LogP contribution is -2.33. The van der Waals surface area contributed by atoms with E-state index in [9.17, 15) is 13.6 Å². The Morgan fingerprint density at radius 2 is 1.93 bits per heavy atom. The highest BCUT2D eigenvalue weighted by Gasteiger charge is 2.25. The van der Waals surface area contributed by atoms with Crippen LogP contribution in [-0.4, -0.2) is 58.4 Å². The van der Waals surface area contributed by atoms with Crippen molar-refractivity contribution in [2.24, 2.45) is 7.05 Å². The third-order valence-electron chi connectivity index (χ3n) is 7.52. The van der Waals surface area contributed by atoms with Gasteiger partial charge in [0, 0.05) is 35.3 Å². The zero-order valence-corrected chi connectivity index (χ0v) is 24.5. The van der Waals surface area contributed by atoms with E-state index in [2.05, 4.69) is 4.90 Å². The SMILES string of the molecule is COC(=O)c1cc(O[C@H](C)CF)c2nc(CN3CCC(c4cccc(OCc5ccc(Cl)cc5F)n4)CC3)n(C)c2c1. The highest BCUT2D eigenvalue weighted by atomic mass is 35.5. The van der Waals surface area contributed by atoms with Gasteiger partial charge in [-0.2, -0.15) is 0 Å². The molecule has 0 amide bonds. The van der Waals surface area contributed by atoms with Crippen molar-refractivity contribution < 1.29 is 27.8 Å². The maximum atomic E-state index is 14.1. The van der Waals surface area contributed by atoms with Crippen molar-refractivity contribution in [2.45, 2.75) is 44.9 Å². The molecule has 1 aliphatic rings. The Hall–Kier alpha value is -3.76. The minimum Gasteiger partial charge on any atom is -0.486 e. The molecule has 0 bridgehead atoms. The lowest BCUT2D eigenvalue weighted by Gasteiger charge is -2.31. The minimum absolute atomic E-state index is 0.0660. The molecular weight excluding hydrogens is 566 g/mol. The van der Waals surface area contributed by atoms with Crippen molar-refractivity contribution in [3.05, 3.63) is 82.0 Å². The number of pyridine rings is 1. The van der Waals surface area contributed by atoms with Gasteiger partial charge in [-0.1, -0.05) is 23.7 Å². The Bertz CT molecular complexity index is 1570. The summed E-state index contributed by atoms with van der Waals surface area (Å²) in [5.41, 5.74) is 2.97. The molecule has 42 heavy (non-hydrogen) atoms. The second kappa shape index (κ2) is 13.0. The number of imidazole rings is 1. The first kappa shape index (κ1) is 29.7. The fraction of sp³-hybridized carbons (Fsp3) is 0.387. The molecule has 2 aromatic heterocycles. The van der Waals surface area contributed by atoms with Gasteiger partial charge in [-0.05, 0) is 63.2 Å². The molecule has 1 aliphatic heterocycles. The molecule has 1 fully saturated rings. The number of hydrogen-bond donors (Lipinski definition) is 0. The summed E-state index contributed by atoms with van der Waals surface area (Å²) in [5.74, 6) is 0.975. The van der Waals surface area contributed by atoms with Crippen LogP contribution in [0.3, 0.4) is 0 Å². The Kier molecular flexibility index (Phi) is 9.23. The fourth-order valence-electron chi connectivity index (χ4n) is 5.14. The van der Waals surface area contributed by atoms with E-state index in [0.29, 0.717) is 45.4 Å². The number of piperidine rings is 1. The van der Waals surface area contributed by atoms with Crippen LogP contribution >= 0.6 is 11.6 Å². The molecule has 0 N–H and O–H groups in total. The van der Waals surface area contributed by atoms with Gasteiger partial charge >= 0.3 is 5.97 Å². The van der Waals surface area contributed by atoms with E-state index in [1.54, 1.807) is 37.3 Å². The van der Waals surface area contributed by atoms with Crippen LogP contribution in [0.4, 0.5) is 8.78 Å². The number of hydrogen-bond acceptors (Lipinski definition) is 7. The van der Waals surface area contributed by atoms with Gasteiger partial charge in [0.15, 0.2) is 0 Å².